The van der Waals surface area contributed by atoms with E-state index in [9.17, 15) is 0 Å². The normalized spacial score (nSPS) is 11.8. The minimum Gasteiger partial charge on any atom is -0.463 e. The van der Waals surface area contributed by atoms with E-state index < -0.39 is 0 Å². The van der Waals surface area contributed by atoms with Crippen molar-refractivity contribution in [3.63, 3.8) is 0 Å². The van der Waals surface area contributed by atoms with E-state index in [4.69, 9.17) is 4.42 Å². The van der Waals surface area contributed by atoms with Gasteiger partial charge in [-0.1, -0.05) is 146 Å². The summed E-state index contributed by atoms with van der Waals surface area (Å²) in [6.45, 7) is 4.14. The number of allylic oxidation sites excluding steroid dienone is 4. The molecule has 0 bridgehead atoms. The van der Waals surface area contributed by atoms with Crippen molar-refractivity contribution >= 4 is 44.4 Å². The maximum Gasteiger partial charge on any atom is 0.141 e. The maximum absolute atomic E-state index is 6.40. The van der Waals surface area contributed by atoms with E-state index in [0.717, 1.165) is 44.5 Å². The monoisotopic (exact) mass is 565 g/mol. The van der Waals surface area contributed by atoms with Gasteiger partial charge in [-0.15, -0.1) is 0 Å². The van der Waals surface area contributed by atoms with Gasteiger partial charge in [-0.05, 0) is 47.0 Å². The number of hydrogen-bond acceptors (Lipinski definition) is 1. The van der Waals surface area contributed by atoms with Gasteiger partial charge in [-0.25, -0.2) is 0 Å². The van der Waals surface area contributed by atoms with Crippen LogP contribution in [0.5, 0.6) is 0 Å². The average Bonchev–Trinajstić information content (AvgIpc) is 3.46. The van der Waals surface area contributed by atoms with Crippen molar-refractivity contribution in [1.82, 2.24) is 4.57 Å². The van der Waals surface area contributed by atoms with Gasteiger partial charge >= 0.3 is 0 Å². The lowest BCUT2D eigenvalue weighted by Crippen LogP contribution is -1.92. The highest BCUT2D eigenvalue weighted by atomic mass is 16.3. The highest BCUT2D eigenvalue weighted by Crippen LogP contribution is 2.33. The van der Waals surface area contributed by atoms with Gasteiger partial charge in [0.2, 0.25) is 0 Å². The molecule has 0 aliphatic rings. The maximum atomic E-state index is 6.40. The second kappa shape index (κ2) is 12.2. The first-order chi connectivity index (χ1) is 21.8. The van der Waals surface area contributed by atoms with Crippen LogP contribution in [0.2, 0.25) is 0 Å². The molecule has 0 saturated heterocycles. The summed E-state index contributed by atoms with van der Waals surface area (Å²) in [5.74, 6) is 0. The predicted octanol–water partition coefficient (Wildman–Crippen LogP) is 11.6. The lowest BCUT2D eigenvalue weighted by molar-refractivity contribution is 0.607. The van der Waals surface area contributed by atoms with Crippen LogP contribution >= 0.6 is 0 Å². The number of aromatic nitrogens is 1. The van der Waals surface area contributed by atoms with Gasteiger partial charge in [0.05, 0.1) is 17.3 Å². The van der Waals surface area contributed by atoms with Gasteiger partial charge in [0.25, 0.3) is 0 Å². The molecule has 44 heavy (non-hydrogen) atoms. The first-order valence-electron chi connectivity index (χ1n) is 14.8. The molecule has 7 aromatic rings. The number of fused-ring (bicyclic) bond motifs is 4. The van der Waals surface area contributed by atoms with Crippen LogP contribution in [-0.4, -0.2) is 4.57 Å². The molecule has 210 valence electrons. The SMILES string of the molecule is C=CC(=CC=Cc1ccc2c(c1)c1ccccc1n2-c1ccccc1)c1cccc2ccccc(-c3ccccc3)coc12. The third-order valence-electron chi connectivity index (χ3n) is 7.93. The van der Waals surface area contributed by atoms with Gasteiger partial charge < -0.3 is 8.98 Å². The van der Waals surface area contributed by atoms with Crippen molar-refractivity contribution < 1.29 is 4.42 Å². The molecule has 0 atom stereocenters. The number of nitrogens with zero attached hydrogens (tertiary/aromatic N) is 1. The van der Waals surface area contributed by atoms with E-state index in [1.165, 1.54) is 21.8 Å². The minimum absolute atomic E-state index is 0.801. The quantitative estimate of drug-likeness (QED) is 0.183. The smallest absolute Gasteiger partial charge is 0.141 e. The molecule has 0 N–H and O–H groups in total. The standard InChI is InChI=1S/C42H31NO/c1-2-32(37-25-14-21-34-18-9-10-19-35(30-44-42(34)37)33-16-5-3-6-17-33)20-13-15-31-27-28-41-39(29-31)38-24-11-12-26-40(38)43(41)36-22-7-4-8-23-36/h2-30H,1H2. The lowest BCUT2D eigenvalue weighted by atomic mass is 10.0. The van der Waals surface area contributed by atoms with Gasteiger partial charge in [0.15, 0.2) is 0 Å². The first kappa shape index (κ1) is 27.0. The average molecular weight is 566 g/mol. The van der Waals surface area contributed by atoms with Crippen LogP contribution < -0.4 is 0 Å². The number of hydrogen-bond donors (Lipinski definition) is 0. The highest BCUT2D eigenvalue weighted by Gasteiger charge is 2.12. The summed E-state index contributed by atoms with van der Waals surface area (Å²) in [5, 5.41) is 3.48. The molecule has 2 heterocycles. The highest BCUT2D eigenvalue weighted by molar-refractivity contribution is 6.09. The molecule has 5 aromatic carbocycles. The Labute approximate surface area is 257 Å². The molecule has 2 heteroatoms. The van der Waals surface area contributed by atoms with Gasteiger partial charge in [-0.2, -0.15) is 0 Å². The molecule has 0 amide bonds. The molecule has 2 aromatic heterocycles. The van der Waals surface area contributed by atoms with Crippen LogP contribution in [-0.2, 0) is 0 Å². The fourth-order valence-electron chi connectivity index (χ4n) is 5.80. The zero-order valence-electron chi connectivity index (χ0n) is 24.3. The summed E-state index contributed by atoms with van der Waals surface area (Å²) in [4.78, 5) is 0. The van der Waals surface area contributed by atoms with Crippen molar-refractivity contribution in [3.8, 4) is 16.8 Å². The Bertz CT molecular complexity index is 2230. The third kappa shape index (κ3) is 5.26. The molecular weight excluding hydrogens is 534 g/mol. The van der Waals surface area contributed by atoms with Crippen molar-refractivity contribution in [1.29, 1.82) is 0 Å². The van der Waals surface area contributed by atoms with Crippen LogP contribution in [0.1, 0.15) is 11.1 Å². The second-order valence-corrected chi connectivity index (χ2v) is 10.6. The summed E-state index contributed by atoms with van der Waals surface area (Å²) in [7, 11) is 0. The Morgan fingerprint density at radius 2 is 1.30 bits per heavy atom. The van der Waals surface area contributed by atoms with Crippen molar-refractivity contribution in [2.24, 2.45) is 0 Å². The van der Waals surface area contributed by atoms with Crippen LogP contribution in [0.4, 0.5) is 0 Å². The molecule has 0 radical (unpaired) electrons. The van der Waals surface area contributed by atoms with Gasteiger partial charge in [0.1, 0.15) is 5.58 Å². The van der Waals surface area contributed by atoms with E-state index in [1.807, 2.05) is 36.6 Å². The molecule has 7 rings (SSSR count). The molecule has 0 aliphatic heterocycles. The largest absolute Gasteiger partial charge is 0.463 e. The summed E-state index contributed by atoms with van der Waals surface area (Å²) in [6, 6.07) is 50.5. The van der Waals surface area contributed by atoms with Crippen molar-refractivity contribution in [3.05, 3.63) is 188 Å². The molecule has 2 nitrogen and oxygen atoms in total. The number of para-hydroxylation sites is 3. The summed E-state index contributed by atoms with van der Waals surface area (Å²) < 4.78 is 8.74. The molecule has 0 fully saturated rings. The summed E-state index contributed by atoms with van der Waals surface area (Å²) in [5.41, 5.74) is 9.56. The lowest BCUT2D eigenvalue weighted by Gasteiger charge is -2.07. The Balaban J connectivity index is 1.28. The molecule has 0 aliphatic carbocycles. The Kier molecular flexibility index (Phi) is 7.47. The van der Waals surface area contributed by atoms with E-state index in [1.54, 1.807) is 0 Å². The zero-order chi connectivity index (χ0) is 29.7. The van der Waals surface area contributed by atoms with E-state index in [-0.39, 0.29) is 0 Å². The second-order valence-electron chi connectivity index (χ2n) is 10.6. The minimum atomic E-state index is 0.801. The fraction of sp³-hybridized carbons (Fsp3) is 0. The Morgan fingerprint density at radius 3 is 2.14 bits per heavy atom. The number of benzene rings is 5. The number of rotatable bonds is 6. The zero-order valence-corrected chi connectivity index (χ0v) is 24.3. The van der Waals surface area contributed by atoms with Crippen molar-refractivity contribution in [2.45, 2.75) is 0 Å². The predicted molar refractivity (Wildman–Crippen MR) is 187 cm³/mol. The van der Waals surface area contributed by atoms with Gasteiger partial charge in [-0.3, -0.25) is 0 Å². The van der Waals surface area contributed by atoms with Crippen molar-refractivity contribution in [2.75, 3.05) is 0 Å². The van der Waals surface area contributed by atoms with Gasteiger partial charge in [0, 0.05) is 33.0 Å². The third-order valence-corrected chi connectivity index (χ3v) is 7.93. The molecular formula is C42H31NO. The summed E-state index contributed by atoms with van der Waals surface area (Å²) >= 11 is 0. The Morgan fingerprint density at radius 1 is 0.614 bits per heavy atom. The van der Waals surface area contributed by atoms with Crippen LogP contribution in [0, 0.1) is 0 Å². The van der Waals surface area contributed by atoms with Crippen LogP contribution in [0.3, 0.4) is 0 Å². The van der Waals surface area contributed by atoms with E-state index >= 15 is 0 Å². The summed E-state index contributed by atoms with van der Waals surface area (Å²) in [6.07, 6.45) is 10.0. The molecule has 0 unspecified atom stereocenters. The van der Waals surface area contributed by atoms with Crippen LogP contribution in [0.15, 0.2) is 181 Å². The first-order valence-corrected chi connectivity index (χ1v) is 14.8. The van der Waals surface area contributed by atoms with E-state index in [2.05, 4.69) is 151 Å². The molecule has 0 spiro atoms. The van der Waals surface area contributed by atoms with Crippen LogP contribution in [0.25, 0.3) is 61.2 Å². The molecule has 0 saturated carbocycles. The Hall–Kier alpha value is -5.86. The fourth-order valence-corrected chi connectivity index (χ4v) is 5.80. The topological polar surface area (TPSA) is 18.1 Å². The van der Waals surface area contributed by atoms with E-state index in [0.29, 0.717) is 0 Å².